The molecule has 0 aliphatic carbocycles. The Labute approximate surface area is 149 Å². The van der Waals surface area contributed by atoms with E-state index in [0.717, 1.165) is 31.0 Å². The lowest BCUT2D eigenvalue weighted by atomic mass is 9.71. The summed E-state index contributed by atoms with van der Waals surface area (Å²) in [6.07, 6.45) is 0.843. The fraction of sp³-hybridized carbons (Fsp3) is 0.429. The van der Waals surface area contributed by atoms with Gasteiger partial charge in [-0.25, -0.2) is 0 Å². The molecule has 2 aromatic rings. The van der Waals surface area contributed by atoms with Crippen LogP contribution in [0, 0.1) is 12.3 Å². The van der Waals surface area contributed by atoms with Crippen LogP contribution in [0.1, 0.15) is 22.6 Å². The molecule has 2 atom stereocenters. The molecule has 0 bridgehead atoms. The van der Waals surface area contributed by atoms with Crippen molar-refractivity contribution >= 4 is 0 Å². The van der Waals surface area contributed by atoms with Gasteiger partial charge in [0.2, 0.25) is 0 Å². The van der Waals surface area contributed by atoms with Gasteiger partial charge in [0.25, 0.3) is 0 Å². The number of benzene rings is 2. The highest BCUT2D eigenvalue weighted by atomic mass is 16.5. The molecule has 1 aliphatic heterocycles. The smallest absolute Gasteiger partial charge is 0.160 e. The van der Waals surface area contributed by atoms with Crippen LogP contribution in [0.2, 0.25) is 0 Å². The second kappa shape index (κ2) is 7.46. The summed E-state index contributed by atoms with van der Waals surface area (Å²) < 4.78 is 10.8. The fourth-order valence-corrected chi connectivity index (χ4v) is 3.87. The summed E-state index contributed by atoms with van der Waals surface area (Å²) in [6.45, 7) is 3.89. The van der Waals surface area contributed by atoms with Gasteiger partial charge in [0, 0.05) is 24.4 Å². The highest BCUT2D eigenvalue weighted by Gasteiger charge is 2.43. The van der Waals surface area contributed by atoms with E-state index >= 15 is 0 Å². The lowest BCUT2D eigenvalue weighted by Crippen LogP contribution is -2.35. The molecule has 4 nitrogen and oxygen atoms in total. The first-order valence-electron chi connectivity index (χ1n) is 8.71. The van der Waals surface area contributed by atoms with Crippen LogP contribution in [0.15, 0.2) is 42.5 Å². The van der Waals surface area contributed by atoms with Gasteiger partial charge in [-0.3, -0.25) is 0 Å². The third-order valence-corrected chi connectivity index (χ3v) is 5.37. The standard InChI is InChI=1S/C21H27NO3/c1-15-4-6-16(7-5-15)11-21(14-23)13-22-12-18(21)17-8-9-19(24-2)20(10-17)25-3/h4-10,18,22-23H,11-14H2,1-3H3. The molecular weight excluding hydrogens is 314 g/mol. The van der Waals surface area contributed by atoms with Crippen LogP contribution >= 0.6 is 0 Å². The Bertz CT molecular complexity index is 714. The topological polar surface area (TPSA) is 50.7 Å². The zero-order valence-corrected chi connectivity index (χ0v) is 15.2. The van der Waals surface area contributed by atoms with Crippen molar-refractivity contribution in [2.75, 3.05) is 33.9 Å². The quantitative estimate of drug-likeness (QED) is 0.848. The van der Waals surface area contributed by atoms with E-state index in [1.807, 2.05) is 12.1 Å². The SMILES string of the molecule is COc1ccc(C2CNCC2(CO)Cc2ccc(C)cc2)cc1OC. The summed E-state index contributed by atoms with van der Waals surface area (Å²) in [5, 5.41) is 13.8. The first-order chi connectivity index (χ1) is 12.1. The summed E-state index contributed by atoms with van der Waals surface area (Å²) in [7, 11) is 3.30. The average Bonchev–Trinajstić information content (AvgIpc) is 3.07. The Morgan fingerprint density at radius 1 is 1.08 bits per heavy atom. The third kappa shape index (κ3) is 3.51. The summed E-state index contributed by atoms with van der Waals surface area (Å²) in [5.41, 5.74) is 3.47. The number of hydrogen-bond donors (Lipinski definition) is 2. The molecule has 2 unspecified atom stereocenters. The van der Waals surface area contributed by atoms with Crippen LogP contribution in [0.4, 0.5) is 0 Å². The van der Waals surface area contributed by atoms with Crippen molar-refractivity contribution in [3.63, 3.8) is 0 Å². The highest BCUT2D eigenvalue weighted by molar-refractivity contribution is 5.45. The van der Waals surface area contributed by atoms with Gasteiger partial charge in [-0.15, -0.1) is 0 Å². The minimum absolute atomic E-state index is 0.146. The minimum atomic E-state index is -0.213. The van der Waals surface area contributed by atoms with E-state index in [1.54, 1.807) is 14.2 Å². The normalized spacial score (nSPS) is 22.8. The largest absolute Gasteiger partial charge is 0.493 e. The second-order valence-corrected chi connectivity index (χ2v) is 6.98. The monoisotopic (exact) mass is 341 g/mol. The molecule has 1 aliphatic rings. The second-order valence-electron chi connectivity index (χ2n) is 6.98. The van der Waals surface area contributed by atoms with Crippen molar-refractivity contribution in [3.05, 3.63) is 59.2 Å². The van der Waals surface area contributed by atoms with E-state index in [1.165, 1.54) is 16.7 Å². The first kappa shape index (κ1) is 17.8. The number of aliphatic hydroxyl groups excluding tert-OH is 1. The van der Waals surface area contributed by atoms with Crippen molar-refractivity contribution in [3.8, 4) is 11.5 Å². The molecule has 2 N–H and O–H groups in total. The van der Waals surface area contributed by atoms with Gasteiger partial charge in [-0.1, -0.05) is 35.9 Å². The summed E-state index contributed by atoms with van der Waals surface area (Å²) in [6, 6.07) is 14.7. The van der Waals surface area contributed by atoms with E-state index in [-0.39, 0.29) is 17.9 Å². The molecule has 1 saturated heterocycles. The van der Waals surface area contributed by atoms with Crippen LogP contribution in [0.5, 0.6) is 11.5 Å². The molecule has 0 spiro atoms. The number of rotatable bonds is 6. The zero-order chi connectivity index (χ0) is 17.9. The lowest BCUT2D eigenvalue weighted by molar-refractivity contribution is 0.126. The van der Waals surface area contributed by atoms with Gasteiger partial charge in [0.05, 0.1) is 20.8 Å². The maximum absolute atomic E-state index is 10.3. The fourth-order valence-electron chi connectivity index (χ4n) is 3.87. The molecule has 0 amide bonds. The molecule has 25 heavy (non-hydrogen) atoms. The van der Waals surface area contributed by atoms with Crippen LogP contribution in [-0.4, -0.2) is 39.0 Å². The number of hydrogen-bond acceptors (Lipinski definition) is 4. The van der Waals surface area contributed by atoms with Crippen LogP contribution in [0.3, 0.4) is 0 Å². The van der Waals surface area contributed by atoms with Gasteiger partial charge in [-0.05, 0) is 36.6 Å². The van der Waals surface area contributed by atoms with E-state index in [2.05, 4.69) is 42.6 Å². The average molecular weight is 341 g/mol. The Morgan fingerprint density at radius 3 is 2.44 bits per heavy atom. The molecule has 0 aromatic heterocycles. The minimum Gasteiger partial charge on any atom is -0.493 e. The molecule has 2 aromatic carbocycles. The number of methoxy groups -OCH3 is 2. The summed E-state index contributed by atoms with van der Waals surface area (Å²) in [5.74, 6) is 1.68. The van der Waals surface area contributed by atoms with E-state index in [9.17, 15) is 5.11 Å². The Kier molecular flexibility index (Phi) is 5.30. The molecule has 0 radical (unpaired) electrons. The van der Waals surface area contributed by atoms with Gasteiger partial charge < -0.3 is 19.9 Å². The Morgan fingerprint density at radius 2 is 1.80 bits per heavy atom. The summed E-state index contributed by atoms with van der Waals surface area (Å²) >= 11 is 0. The number of ether oxygens (including phenoxy) is 2. The van der Waals surface area contributed by atoms with Crippen molar-refractivity contribution < 1.29 is 14.6 Å². The molecule has 4 heteroatoms. The molecule has 1 fully saturated rings. The lowest BCUT2D eigenvalue weighted by Gasteiger charge is -2.33. The first-order valence-corrected chi connectivity index (χ1v) is 8.71. The molecule has 134 valence electrons. The van der Waals surface area contributed by atoms with Crippen molar-refractivity contribution in [2.45, 2.75) is 19.3 Å². The van der Waals surface area contributed by atoms with Crippen molar-refractivity contribution in [1.29, 1.82) is 0 Å². The zero-order valence-electron chi connectivity index (χ0n) is 15.2. The Balaban J connectivity index is 1.92. The van der Waals surface area contributed by atoms with Gasteiger partial charge in [0.15, 0.2) is 11.5 Å². The molecule has 0 saturated carbocycles. The van der Waals surface area contributed by atoms with E-state index in [4.69, 9.17) is 9.47 Å². The van der Waals surface area contributed by atoms with E-state index in [0.29, 0.717) is 0 Å². The highest BCUT2D eigenvalue weighted by Crippen LogP contribution is 2.43. The van der Waals surface area contributed by atoms with E-state index < -0.39 is 0 Å². The van der Waals surface area contributed by atoms with Crippen LogP contribution < -0.4 is 14.8 Å². The predicted molar refractivity (Wildman–Crippen MR) is 99.6 cm³/mol. The van der Waals surface area contributed by atoms with Gasteiger partial charge in [-0.2, -0.15) is 0 Å². The predicted octanol–water partition coefficient (Wildman–Crippen LogP) is 2.92. The molecule has 3 rings (SSSR count). The van der Waals surface area contributed by atoms with Gasteiger partial charge >= 0.3 is 0 Å². The third-order valence-electron chi connectivity index (χ3n) is 5.37. The van der Waals surface area contributed by atoms with Crippen LogP contribution in [0.25, 0.3) is 0 Å². The maximum Gasteiger partial charge on any atom is 0.160 e. The van der Waals surface area contributed by atoms with Crippen LogP contribution in [-0.2, 0) is 6.42 Å². The Hall–Kier alpha value is -2.04. The maximum atomic E-state index is 10.3. The van der Waals surface area contributed by atoms with Crippen molar-refractivity contribution in [2.24, 2.45) is 5.41 Å². The number of nitrogens with one attached hydrogen (secondary N) is 1. The van der Waals surface area contributed by atoms with Gasteiger partial charge in [0.1, 0.15) is 0 Å². The number of aliphatic hydroxyl groups is 1. The molecule has 1 heterocycles. The van der Waals surface area contributed by atoms with Crippen molar-refractivity contribution in [1.82, 2.24) is 5.32 Å². The summed E-state index contributed by atoms with van der Waals surface area (Å²) in [4.78, 5) is 0. The molecular formula is C21H27NO3. The number of aryl methyl sites for hydroxylation is 1.